The first-order valence-electron chi connectivity index (χ1n) is 6.42. The van der Waals surface area contributed by atoms with Gasteiger partial charge in [-0.1, -0.05) is 27.7 Å². The van der Waals surface area contributed by atoms with E-state index < -0.39 is 8.32 Å². The number of thiophene rings is 1. The molecule has 1 aromatic heterocycles. The number of hydrogen-bond acceptors (Lipinski definition) is 3. The molecule has 0 saturated heterocycles. The lowest BCUT2D eigenvalue weighted by Crippen LogP contribution is -2.40. The van der Waals surface area contributed by atoms with Crippen molar-refractivity contribution in [1.82, 2.24) is 0 Å². The number of aldehydes is 1. The van der Waals surface area contributed by atoms with E-state index in [-0.39, 0.29) is 5.04 Å². The molecule has 2 nitrogen and oxygen atoms in total. The normalized spacial score (nSPS) is 12.8. The fraction of sp³-hybridized carbons (Fsp3) is 0.643. The van der Waals surface area contributed by atoms with Crippen molar-refractivity contribution in [2.45, 2.75) is 58.9 Å². The van der Waals surface area contributed by atoms with Crippen LogP contribution in [0.4, 0.5) is 0 Å². The fourth-order valence-electron chi connectivity index (χ4n) is 1.42. The van der Waals surface area contributed by atoms with Crippen LogP contribution in [0.3, 0.4) is 0 Å². The van der Waals surface area contributed by atoms with Gasteiger partial charge in [-0.25, -0.2) is 0 Å². The lowest BCUT2D eigenvalue weighted by Gasteiger charge is -2.36. The van der Waals surface area contributed by atoms with Crippen molar-refractivity contribution in [3.8, 4) is 0 Å². The second-order valence-corrected chi connectivity index (χ2v) is 12.1. The predicted molar refractivity (Wildman–Crippen MR) is 81.1 cm³/mol. The first-order valence-corrected chi connectivity index (χ1v) is 10.1. The molecule has 0 saturated carbocycles. The Balaban J connectivity index is 2.75. The maximum absolute atomic E-state index is 10.9. The van der Waals surface area contributed by atoms with Gasteiger partial charge in [0.15, 0.2) is 14.6 Å². The van der Waals surface area contributed by atoms with Crippen LogP contribution in [0, 0.1) is 0 Å². The first kappa shape index (κ1) is 15.6. The second-order valence-electron chi connectivity index (χ2n) is 6.12. The maximum atomic E-state index is 10.9. The highest BCUT2D eigenvalue weighted by Crippen LogP contribution is 2.37. The molecule has 0 N–H and O–H groups in total. The molecule has 0 spiro atoms. The number of carbonyl (C=O) groups excluding carboxylic acids is 1. The van der Waals surface area contributed by atoms with Crippen molar-refractivity contribution in [2.24, 2.45) is 0 Å². The highest BCUT2D eigenvalue weighted by atomic mass is 32.1. The molecule has 0 unspecified atom stereocenters. The average molecular weight is 284 g/mol. The van der Waals surface area contributed by atoms with Gasteiger partial charge >= 0.3 is 0 Å². The summed E-state index contributed by atoms with van der Waals surface area (Å²) in [5, 5.41) is 0.228. The van der Waals surface area contributed by atoms with Crippen LogP contribution in [0.25, 0.3) is 0 Å². The summed E-state index contributed by atoms with van der Waals surface area (Å²) in [6, 6.07) is 2.11. The van der Waals surface area contributed by atoms with Crippen molar-refractivity contribution < 1.29 is 9.22 Å². The summed E-state index contributed by atoms with van der Waals surface area (Å²) >= 11 is 1.56. The van der Waals surface area contributed by atoms with Gasteiger partial charge in [0.25, 0.3) is 0 Å². The molecule has 0 fully saturated rings. The van der Waals surface area contributed by atoms with Crippen molar-refractivity contribution >= 4 is 25.9 Å². The van der Waals surface area contributed by atoms with Crippen LogP contribution in [0.15, 0.2) is 6.07 Å². The Labute approximate surface area is 116 Å². The van der Waals surface area contributed by atoms with Crippen molar-refractivity contribution in [3.63, 3.8) is 0 Å². The smallest absolute Gasteiger partial charge is 0.192 e. The maximum Gasteiger partial charge on any atom is 0.192 e. The van der Waals surface area contributed by atoms with Crippen molar-refractivity contribution in [3.05, 3.63) is 21.4 Å². The van der Waals surface area contributed by atoms with Gasteiger partial charge in [-0.15, -0.1) is 11.3 Å². The molecule has 1 aromatic rings. The molecule has 0 radical (unpaired) electrons. The third-order valence-corrected chi connectivity index (χ3v) is 9.32. The van der Waals surface area contributed by atoms with Gasteiger partial charge in [0, 0.05) is 4.88 Å². The lowest BCUT2D eigenvalue weighted by molar-refractivity contribution is 0.112. The Bertz CT molecular complexity index is 416. The third kappa shape index (κ3) is 3.53. The molecule has 0 aromatic carbocycles. The summed E-state index contributed by atoms with van der Waals surface area (Å²) in [6.45, 7) is 13.9. The Hall–Kier alpha value is -0.453. The van der Waals surface area contributed by atoms with Crippen molar-refractivity contribution in [1.29, 1.82) is 0 Å². The minimum atomic E-state index is -1.70. The van der Waals surface area contributed by atoms with E-state index in [4.69, 9.17) is 4.43 Å². The zero-order valence-electron chi connectivity index (χ0n) is 12.3. The van der Waals surface area contributed by atoms with Gasteiger partial charge in [0.05, 0.1) is 11.5 Å². The molecule has 0 aliphatic carbocycles. The van der Waals surface area contributed by atoms with Gasteiger partial charge < -0.3 is 4.43 Å². The third-order valence-electron chi connectivity index (χ3n) is 3.76. The molecule has 18 heavy (non-hydrogen) atoms. The van der Waals surface area contributed by atoms with Crippen LogP contribution in [-0.4, -0.2) is 14.6 Å². The van der Waals surface area contributed by atoms with Crippen LogP contribution < -0.4 is 0 Å². The average Bonchev–Trinajstić information content (AvgIpc) is 2.67. The molecule has 0 atom stereocenters. The Morgan fingerprint density at radius 2 is 2.00 bits per heavy atom. The summed E-state index contributed by atoms with van der Waals surface area (Å²) in [7, 11) is -1.70. The van der Waals surface area contributed by atoms with Gasteiger partial charge in [-0.05, 0) is 36.2 Å². The lowest BCUT2D eigenvalue weighted by atomic mass is 10.2. The SMILES string of the molecule is CCc1cc(CO[Si](C)(C)C(C)(C)C)sc1C=O. The zero-order valence-corrected chi connectivity index (χ0v) is 14.1. The summed E-state index contributed by atoms with van der Waals surface area (Å²) in [6.07, 6.45) is 1.87. The van der Waals surface area contributed by atoms with E-state index in [1.54, 1.807) is 11.3 Å². The molecule has 4 heteroatoms. The van der Waals surface area contributed by atoms with E-state index in [9.17, 15) is 4.79 Å². The molecule has 0 aliphatic rings. The van der Waals surface area contributed by atoms with Crippen LogP contribution in [0.2, 0.25) is 18.1 Å². The van der Waals surface area contributed by atoms with Gasteiger partial charge in [-0.2, -0.15) is 0 Å². The molecule has 1 heterocycles. The summed E-state index contributed by atoms with van der Waals surface area (Å²) in [5.74, 6) is 0. The number of hydrogen-bond donors (Lipinski definition) is 0. The Morgan fingerprint density at radius 1 is 1.39 bits per heavy atom. The Morgan fingerprint density at radius 3 is 2.39 bits per heavy atom. The molecular weight excluding hydrogens is 260 g/mol. The zero-order chi connectivity index (χ0) is 14.0. The monoisotopic (exact) mass is 284 g/mol. The second kappa shape index (κ2) is 5.68. The van der Waals surface area contributed by atoms with Crippen molar-refractivity contribution in [2.75, 3.05) is 0 Å². The number of carbonyl (C=O) groups is 1. The van der Waals surface area contributed by atoms with Crippen LogP contribution in [0.1, 0.15) is 47.8 Å². The molecule has 0 amide bonds. The van der Waals surface area contributed by atoms with Crippen LogP contribution in [-0.2, 0) is 17.5 Å². The van der Waals surface area contributed by atoms with Crippen LogP contribution >= 0.6 is 11.3 Å². The number of aryl methyl sites for hydroxylation is 1. The highest BCUT2D eigenvalue weighted by molar-refractivity contribution is 7.13. The van der Waals surface area contributed by atoms with E-state index in [2.05, 4.69) is 46.9 Å². The molecular formula is C14H24O2SSi. The quantitative estimate of drug-likeness (QED) is 0.581. The highest BCUT2D eigenvalue weighted by Gasteiger charge is 2.37. The molecule has 1 rings (SSSR count). The van der Waals surface area contributed by atoms with Gasteiger partial charge in [0.1, 0.15) is 0 Å². The van der Waals surface area contributed by atoms with Gasteiger partial charge in [0.2, 0.25) is 0 Å². The molecule has 102 valence electrons. The first-order chi connectivity index (χ1) is 8.21. The van der Waals surface area contributed by atoms with E-state index in [0.717, 1.165) is 23.1 Å². The van der Waals surface area contributed by atoms with E-state index in [0.29, 0.717) is 6.61 Å². The number of rotatable bonds is 5. The topological polar surface area (TPSA) is 26.3 Å². The minimum Gasteiger partial charge on any atom is -0.412 e. The summed E-state index contributed by atoms with van der Waals surface area (Å²) in [5.41, 5.74) is 1.14. The largest absolute Gasteiger partial charge is 0.412 e. The van der Waals surface area contributed by atoms with E-state index in [1.807, 2.05) is 0 Å². The predicted octanol–water partition coefficient (Wildman–Crippen LogP) is 4.64. The summed E-state index contributed by atoms with van der Waals surface area (Å²) in [4.78, 5) is 13.0. The molecule has 0 aliphatic heterocycles. The van der Waals surface area contributed by atoms with E-state index in [1.165, 1.54) is 4.88 Å². The summed E-state index contributed by atoms with van der Waals surface area (Å²) < 4.78 is 6.17. The Kier molecular flexibility index (Phi) is 4.92. The minimum absolute atomic E-state index is 0.228. The molecule has 0 bridgehead atoms. The fourth-order valence-corrected chi connectivity index (χ4v) is 3.45. The standard InChI is InChI=1S/C14H24O2SSi/c1-7-11-8-12(17-13(11)9-15)10-16-18(5,6)14(2,3)4/h8-9H,7,10H2,1-6H3. The van der Waals surface area contributed by atoms with E-state index >= 15 is 0 Å². The van der Waals surface area contributed by atoms with Gasteiger partial charge in [-0.3, -0.25) is 4.79 Å². The van der Waals surface area contributed by atoms with Crippen LogP contribution in [0.5, 0.6) is 0 Å².